The molecule has 0 radical (unpaired) electrons. The Hall–Kier alpha value is -1.92. The van der Waals surface area contributed by atoms with Gasteiger partial charge in [0, 0.05) is 16.6 Å². The van der Waals surface area contributed by atoms with Gasteiger partial charge in [-0.2, -0.15) is 0 Å². The Kier molecular flexibility index (Phi) is 5.39. The van der Waals surface area contributed by atoms with E-state index in [1.807, 2.05) is 29.2 Å². The van der Waals surface area contributed by atoms with Crippen molar-refractivity contribution in [2.75, 3.05) is 13.7 Å². The third kappa shape index (κ3) is 3.70. The van der Waals surface area contributed by atoms with Crippen molar-refractivity contribution in [3.05, 3.63) is 63.9 Å². The van der Waals surface area contributed by atoms with Crippen molar-refractivity contribution in [2.45, 2.75) is 24.9 Å². The number of likely N-dealkylation sites (tertiary alicyclic amines) is 1. The minimum Gasteiger partial charge on any atom is -0.496 e. The summed E-state index contributed by atoms with van der Waals surface area (Å²) in [5.74, 6) is -0.683. The van der Waals surface area contributed by atoms with Crippen molar-refractivity contribution in [1.29, 1.82) is 0 Å². The molecule has 132 valence electrons. The summed E-state index contributed by atoms with van der Waals surface area (Å²) in [5, 5.41) is 9.61. The maximum absolute atomic E-state index is 14.0. The number of benzene rings is 2. The van der Waals surface area contributed by atoms with Gasteiger partial charge in [-0.3, -0.25) is 9.69 Å². The van der Waals surface area contributed by atoms with Crippen molar-refractivity contribution in [3.8, 4) is 5.75 Å². The summed E-state index contributed by atoms with van der Waals surface area (Å²) in [6.07, 6.45) is 1.37. The Bertz CT molecular complexity index is 783. The van der Waals surface area contributed by atoms with E-state index in [0.29, 0.717) is 24.3 Å². The van der Waals surface area contributed by atoms with Crippen LogP contribution < -0.4 is 4.74 Å². The molecule has 0 amide bonds. The van der Waals surface area contributed by atoms with E-state index >= 15 is 0 Å². The third-order valence-electron chi connectivity index (χ3n) is 4.56. The molecular formula is C19H19BrFNO3. The van der Waals surface area contributed by atoms with E-state index < -0.39 is 18.1 Å². The van der Waals surface area contributed by atoms with Gasteiger partial charge in [-0.25, -0.2) is 4.39 Å². The number of carboxylic acids is 1. The van der Waals surface area contributed by atoms with E-state index in [1.54, 1.807) is 6.07 Å². The fraction of sp³-hybridized carbons (Fsp3) is 0.316. The molecule has 0 aliphatic carbocycles. The molecule has 0 saturated carbocycles. The van der Waals surface area contributed by atoms with Crippen molar-refractivity contribution in [2.24, 2.45) is 0 Å². The van der Waals surface area contributed by atoms with Crippen LogP contribution >= 0.6 is 15.9 Å². The molecule has 4 nitrogen and oxygen atoms in total. The average molecular weight is 408 g/mol. The molecule has 2 aromatic carbocycles. The maximum atomic E-state index is 14.0. The molecule has 6 heteroatoms. The summed E-state index contributed by atoms with van der Waals surface area (Å²) in [6, 6.07) is 11.0. The van der Waals surface area contributed by atoms with Crippen LogP contribution in [0, 0.1) is 5.82 Å². The van der Waals surface area contributed by atoms with Gasteiger partial charge in [0.1, 0.15) is 17.6 Å². The number of nitrogens with zero attached hydrogens (tertiary/aromatic N) is 1. The van der Waals surface area contributed by atoms with Crippen molar-refractivity contribution in [1.82, 2.24) is 4.90 Å². The monoisotopic (exact) mass is 407 g/mol. The molecular weight excluding hydrogens is 389 g/mol. The lowest BCUT2D eigenvalue weighted by Crippen LogP contribution is -2.39. The second kappa shape index (κ2) is 7.54. The smallest absolute Gasteiger partial charge is 0.320 e. The summed E-state index contributed by atoms with van der Waals surface area (Å²) < 4.78 is 20.3. The van der Waals surface area contributed by atoms with Gasteiger partial charge in [0.25, 0.3) is 0 Å². The summed E-state index contributed by atoms with van der Waals surface area (Å²) in [7, 11) is 1.54. The molecule has 2 unspecified atom stereocenters. The SMILES string of the molecule is COc1ccc(F)cc1C(c1cccc(Br)c1)N1CCCC1C(=O)O. The normalized spacial score (nSPS) is 18.9. The first-order chi connectivity index (χ1) is 12.0. The van der Waals surface area contributed by atoms with E-state index in [9.17, 15) is 14.3 Å². The number of carboxylic acid groups (broad SMARTS) is 1. The number of rotatable bonds is 5. The molecule has 3 rings (SSSR count). The van der Waals surface area contributed by atoms with E-state index in [0.717, 1.165) is 16.5 Å². The highest BCUT2D eigenvalue weighted by molar-refractivity contribution is 9.10. The Morgan fingerprint density at radius 1 is 1.36 bits per heavy atom. The molecule has 1 aliphatic heterocycles. The largest absolute Gasteiger partial charge is 0.496 e. The minimum absolute atomic E-state index is 0.373. The van der Waals surface area contributed by atoms with Gasteiger partial charge in [-0.05, 0) is 48.7 Å². The Morgan fingerprint density at radius 2 is 2.16 bits per heavy atom. The quantitative estimate of drug-likeness (QED) is 0.805. The highest BCUT2D eigenvalue weighted by Crippen LogP contribution is 2.39. The van der Waals surface area contributed by atoms with Crippen molar-refractivity contribution >= 4 is 21.9 Å². The van der Waals surface area contributed by atoms with Crippen molar-refractivity contribution in [3.63, 3.8) is 0 Å². The summed E-state index contributed by atoms with van der Waals surface area (Å²) in [5.41, 5.74) is 1.53. The first-order valence-electron chi connectivity index (χ1n) is 8.08. The zero-order valence-electron chi connectivity index (χ0n) is 13.8. The number of hydrogen-bond donors (Lipinski definition) is 1. The van der Waals surface area contributed by atoms with Gasteiger partial charge in [-0.15, -0.1) is 0 Å². The van der Waals surface area contributed by atoms with E-state index in [2.05, 4.69) is 15.9 Å². The lowest BCUT2D eigenvalue weighted by Gasteiger charge is -2.33. The maximum Gasteiger partial charge on any atom is 0.320 e. The Morgan fingerprint density at radius 3 is 2.84 bits per heavy atom. The highest BCUT2D eigenvalue weighted by Gasteiger charge is 2.38. The van der Waals surface area contributed by atoms with Crippen LogP contribution in [0.4, 0.5) is 4.39 Å². The summed E-state index contributed by atoms with van der Waals surface area (Å²) >= 11 is 3.47. The van der Waals surface area contributed by atoms with Crippen LogP contribution in [0.3, 0.4) is 0 Å². The molecule has 0 spiro atoms. The van der Waals surface area contributed by atoms with Crippen LogP contribution in [0.25, 0.3) is 0 Å². The Labute approximate surface area is 154 Å². The van der Waals surface area contributed by atoms with Crippen LogP contribution in [0.15, 0.2) is 46.9 Å². The molecule has 1 saturated heterocycles. The van der Waals surface area contributed by atoms with Gasteiger partial charge in [-0.1, -0.05) is 28.1 Å². The fourth-order valence-corrected chi connectivity index (χ4v) is 3.93. The number of carbonyl (C=O) groups is 1. The van der Waals surface area contributed by atoms with E-state index in [-0.39, 0.29) is 5.82 Å². The van der Waals surface area contributed by atoms with Gasteiger partial charge in [0.2, 0.25) is 0 Å². The summed E-state index contributed by atoms with van der Waals surface area (Å²) in [6.45, 7) is 0.633. The number of ether oxygens (including phenoxy) is 1. The van der Waals surface area contributed by atoms with Crippen molar-refractivity contribution < 1.29 is 19.0 Å². The lowest BCUT2D eigenvalue weighted by atomic mass is 9.95. The average Bonchev–Trinajstić information content (AvgIpc) is 3.05. The summed E-state index contributed by atoms with van der Waals surface area (Å²) in [4.78, 5) is 13.6. The third-order valence-corrected chi connectivity index (χ3v) is 5.05. The molecule has 1 heterocycles. The molecule has 25 heavy (non-hydrogen) atoms. The number of halogens is 2. The van der Waals surface area contributed by atoms with Gasteiger partial charge in [0.05, 0.1) is 13.2 Å². The molecule has 1 fully saturated rings. The molecule has 2 atom stereocenters. The molecule has 1 N–H and O–H groups in total. The van der Waals surface area contributed by atoms with Crippen LogP contribution in [0.5, 0.6) is 5.75 Å². The highest BCUT2D eigenvalue weighted by atomic mass is 79.9. The lowest BCUT2D eigenvalue weighted by molar-refractivity contribution is -0.142. The Balaban J connectivity index is 2.16. The molecule has 2 aromatic rings. The number of aliphatic carboxylic acids is 1. The first-order valence-corrected chi connectivity index (χ1v) is 8.88. The second-order valence-electron chi connectivity index (χ2n) is 6.08. The number of methoxy groups -OCH3 is 1. The minimum atomic E-state index is -0.854. The van der Waals surface area contributed by atoms with Gasteiger partial charge in [0.15, 0.2) is 0 Å². The molecule has 0 bridgehead atoms. The fourth-order valence-electron chi connectivity index (χ4n) is 3.51. The molecule has 1 aliphatic rings. The predicted octanol–water partition coefficient (Wildman–Crippen LogP) is 4.24. The predicted molar refractivity (Wildman–Crippen MR) is 96.3 cm³/mol. The van der Waals surface area contributed by atoms with Crippen LogP contribution in [0.2, 0.25) is 0 Å². The topological polar surface area (TPSA) is 49.8 Å². The zero-order chi connectivity index (χ0) is 18.0. The standard InChI is InChI=1S/C19H19BrFNO3/c1-25-17-8-7-14(21)11-15(17)18(12-4-2-5-13(20)10-12)22-9-3-6-16(22)19(23)24/h2,4-5,7-8,10-11,16,18H,3,6,9H2,1H3,(H,23,24). The van der Waals surface area contributed by atoms with Crippen LogP contribution in [-0.4, -0.2) is 35.7 Å². The first kappa shape index (κ1) is 17.9. The second-order valence-corrected chi connectivity index (χ2v) is 6.99. The van der Waals surface area contributed by atoms with Crippen LogP contribution in [0.1, 0.15) is 30.0 Å². The zero-order valence-corrected chi connectivity index (χ0v) is 15.4. The number of hydrogen-bond acceptors (Lipinski definition) is 3. The van der Waals surface area contributed by atoms with Gasteiger partial charge < -0.3 is 9.84 Å². The molecule has 0 aromatic heterocycles. The van der Waals surface area contributed by atoms with Crippen LogP contribution in [-0.2, 0) is 4.79 Å². The van der Waals surface area contributed by atoms with E-state index in [4.69, 9.17) is 4.74 Å². The van der Waals surface area contributed by atoms with Gasteiger partial charge >= 0.3 is 5.97 Å². The van der Waals surface area contributed by atoms with E-state index in [1.165, 1.54) is 19.2 Å².